The van der Waals surface area contributed by atoms with Gasteiger partial charge in [-0.1, -0.05) is 35.3 Å². The SMILES string of the molecule is Cc1cc(OCn2ccc(C(=O)N3CCN(Cc4cccc(Cl)c4)CC3)n2)ccc1Cl. The maximum absolute atomic E-state index is 12.8. The van der Waals surface area contributed by atoms with Crippen LogP contribution in [-0.2, 0) is 13.3 Å². The number of ether oxygens (including phenoxy) is 1. The second-order valence-electron chi connectivity index (χ2n) is 7.62. The minimum absolute atomic E-state index is 0.0523. The van der Waals surface area contributed by atoms with Gasteiger partial charge in [0.1, 0.15) is 5.75 Å². The summed E-state index contributed by atoms with van der Waals surface area (Å²) in [5, 5.41) is 5.83. The van der Waals surface area contributed by atoms with Crippen molar-refractivity contribution in [2.75, 3.05) is 26.2 Å². The van der Waals surface area contributed by atoms with Gasteiger partial charge < -0.3 is 9.64 Å². The van der Waals surface area contributed by atoms with Crippen LogP contribution in [0.4, 0.5) is 0 Å². The molecule has 1 aliphatic rings. The van der Waals surface area contributed by atoms with Gasteiger partial charge in [-0.05, 0) is 54.4 Å². The molecule has 0 bridgehead atoms. The van der Waals surface area contributed by atoms with Crippen molar-refractivity contribution >= 4 is 29.1 Å². The lowest BCUT2D eigenvalue weighted by atomic mass is 10.2. The Kier molecular flexibility index (Phi) is 6.80. The van der Waals surface area contributed by atoms with Crippen molar-refractivity contribution in [3.8, 4) is 5.75 Å². The fourth-order valence-corrected chi connectivity index (χ4v) is 3.89. The molecule has 162 valence electrons. The van der Waals surface area contributed by atoms with E-state index in [9.17, 15) is 4.79 Å². The highest BCUT2D eigenvalue weighted by atomic mass is 35.5. The second kappa shape index (κ2) is 9.73. The number of amides is 1. The average molecular weight is 459 g/mol. The topological polar surface area (TPSA) is 50.6 Å². The van der Waals surface area contributed by atoms with Crippen LogP contribution < -0.4 is 4.74 Å². The number of hydrogen-bond acceptors (Lipinski definition) is 4. The van der Waals surface area contributed by atoms with Crippen LogP contribution in [0.25, 0.3) is 0 Å². The quantitative estimate of drug-likeness (QED) is 0.545. The van der Waals surface area contributed by atoms with Gasteiger partial charge in [0.2, 0.25) is 0 Å². The molecular formula is C23H24Cl2N4O2. The molecule has 0 radical (unpaired) electrons. The third-order valence-corrected chi connectivity index (χ3v) is 5.97. The van der Waals surface area contributed by atoms with Gasteiger partial charge in [-0.3, -0.25) is 9.69 Å². The van der Waals surface area contributed by atoms with Crippen molar-refractivity contribution < 1.29 is 9.53 Å². The third kappa shape index (κ3) is 5.58. The first-order valence-electron chi connectivity index (χ1n) is 10.2. The summed E-state index contributed by atoms with van der Waals surface area (Å²) in [5.74, 6) is 0.657. The fraction of sp³-hybridized carbons (Fsp3) is 0.304. The highest BCUT2D eigenvalue weighted by Crippen LogP contribution is 2.21. The highest BCUT2D eigenvalue weighted by molar-refractivity contribution is 6.31. The normalized spacial score (nSPS) is 14.6. The Balaban J connectivity index is 1.28. The van der Waals surface area contributed by atoms with Gasteiger partial charge in [-0.2, -0.15) is 5.10 Å². The van der Waals surface area contributed by atoms with E-state index in [1.165, 1.54) is 5.56 Å². The minimum Gasteiger partial charge on any atom is -0.471 e. The van der Waals surface area contributed by atoms with E-state index >= 15 is 0 Å². The van der Waals surface area contributed by atoms with E-state index in [0.717, 1.165) is 30.2 Å². The van der Waals surface area contributed by atoms with Crippen LogP contribution in [0, 0.1) is 6.92 Å². The summed E-state index contributed by atoms with van der Waals surface area (Å²) in [7, 11) is 0. The van der Waals surface area contributed by atoms with Crippen LogP contribution in [0.1, 0.15) is 21.6 Å². The molecule has 0 spiro atoms. The van der Waals surface area contributed by atoms with Crippen LogP contribution >= 0.6 is 23.2 Å². The maximum Gasteiger partial charge on any atom is 0.274 e. The predicted octanol–water partition coefficient (Wildman–Crippen LogP) is 4.49. The van der Waals surface area contributed by atoms with Gasteiger partial charge >= 0.3 is 0 Å². The smallest absolute Gasteiger partial charge is 0.274 e. The number of aromatic nitrogens is 2. The zero-order chi connectivity index (χ0) is 21.8. The number of halogens is 2. The largest absolute Gasteiger partial charge is 0.471 e. The monoisotopic (exact) mass is 458 g/mol. The first-order valence-corrected chi connectivity index (χ1v) is 10.9. The molecule has 1 fully saturated rings. The van der Waals surface area contributed by atoms with Crippen LogP contribution in [0.5, 0.6) is 5.75 Å². The molecule has 1 amide bonds. The highest BCUT2D eigenvalue weighted by Gasteiger charge is 2.23. The Hall–Kier alpha value is -2.54. The van der Waals surface area contributed by atoms with Crippen molar-refractivity contribution in [2.45, 2.75) is 20.2 Å². The summed E-state index contributed by atoms with van der Waals surface area (Å²) in [6.07, 6.45) is 1.76. The standard InChI is InChI=1S/C23H24Cl2N4O2/c1-17-13-20(5-6-21(17)25)31-16-29-8-7-22(26-29)23(30)28-11-9-27(10-12-28)15-18-3-2-4-19(24)14-18/h2-8,13-14H,9-12,15-16H2,1H3. The van der Waals surface area contributed by atoms with Gasteiger partial charge in [-0.25, -0.2) is 4.68 Å². The average Bonchev–Trinajstić information content (AvgIpc) is 3.24. The van der Waals surface area contributed by atoms with Gasteiger partial charge in [0.15, 0.2) is 12.4 Å². The summed E-state index contributed by atoms with van der Waals surface area (Å²) >= 11 is 12.1. The second-order valence-corrected chi connectivity index (χ2v) is 8.47. The van der Waals surface area contributed by atoms with E-state index in [0.29, 0.717) is 29.6 Å². The molecule has 0 aliphatic carbocycles. The van der Waals surface area contributed by atoms with Crippen LogP contribution in [0.3, 0.4) is 0 Å². The molecule has 3 aromatic rings. The van der Waals surface area contributed by atoms with Crippen molar-refractivity contribution in [1.82, 2.24) is 19.6 Å². The van der Waals surface area contributed by atoms with E-state index in [1.807, 2.05) is 42.2 Å². The first-order chi connectivity index (χ1) is 15.0. The number of hydrogen-bond donors (Lipinski definition) is 0. The van der Waals surface area contributed by atoms with Crippen molar-refractivity contribution in [3.63, 3.8) is 0 Å². The zero-order valence-corrected chi connectivity index (χ0v) is 18.8. The van der Waals surface area contributed by atoms with Crippen molar-refractivity contribution in [2.24, 2.45) is 0 Å². The van der Waals surface area contributed by atoms with E-state index in [-0.39, 0.29) is 12.6 Å². The summed E-state index contributed by atoms with van der Waals surface area (Å²) in [4.78, 5) is 17.0. The van der Waals surface area contributed by atoms with E-state index in [2.05, 4.69) is 16.1 Å². The number of aryl methyl sites for hydroxylation is 1. The van der Waals surface area contributed by atoms with E-state index < -0.39 is 0 Å². The maximum atomic E-state index is 12.8. The molecule has 0 atom stereocenters. The first kappa shape index (κ1) is 21.7. The number of piperazine rings is 1. The Labute approximate surface area is 191 Å². The Bertz CT molecular complexity index is 1060. The molecule has 6 nitrogen and oxygen atoms in total. The Morgan fingerprint density at radius 2 is 1.87 bits per heavy atom. The van der Waals surface area contributed by atoms with E-state index in [1.54, 1.807) is 23.0 Å². The molecule has 0 saturated carbocycles. The lowest BCUT2D eigenvalue weighted by Gasteiger charge is -2.34. The van der Waals surface area contributed by atoms with Gasteiger partial charge in [0.25, 0.3) is 5.91 Å². The zero-order valence-electron chi connectivity index (χ0n) is 17.3. The fourth-order valence-electron chi connectivity index (χ4n) is 3.56. The minimum atomic E-state index is -0.0523. The molecule has 1 aromatic heterocycles. The molecular weight excluding hydrogens is 435 g/mol. The molecule has 2 heterocycles. The van der Waals surface area contributed by atoms with Crippen LogP contribution in [0.2, 0.25) is 10.0 Å². The number of nitrogens with zero attached hydrogens (tertiary/aromatic N) is 4. The molecule has 2 aromatic carbocycles. The summed E-state index contributed by atoms with van der Waals surface area (Å²) in [6.45, 7) is 5.96. The summed E-state index contributed by atoms with van der Waals surface area (Å²) in [6, 6.07) is 15.1. The molecule has 0 unspecified atom stereocenters. The Morgan fingerprint density at radius 3 is 2.61 bits per heavy atom. The summed E-state index contributed by atoms with van der Waals surface area (Å²) in [5.41, 5.74) is 2.56. The molecule has 1 saturated heterocycles. The number of rotatable bonds is 6. The van der Waals surface area contributed by atoms with Gasteiger partial charge in [-0.15, -0.1) is 0 Å². The van der Waals surface area contributed by atoms with Gasteiger partial charge in [0.05, 0.1) is 0 Å². The molecule has 1 aliphatic heterocycles. The number of benzene rings is 2. The predicted molar refractivity (Wildman–Crippen MR) is 122 cm³/mol. The van der Waals surface area contributed by atoms with E-state index in [4.69, 9.17) is 27.9 Å². The third-order valence-electron chi connectivity index (χ3n) is 5.31. The molecule has 0 N–H and O–H groups in total. The number of carbonyl (C=O) groups is 1. The molecule has 4 rings (SSSR count). The lowest BCUT2D eigenvalue weighted by molar-refractivity contribution is 0.0621. The van der Waals surface area contributed by atoms with Crippen molar-refractivity contribution in [1.29, 1.82) is 0 Å². The summed E-state index contributed by atoms with van der Waals surface area (Å²) < 4.78 is 7.36. The number of carbonyl (C=O) groups excluding carboxylic acids is 1. The molecule has 8 heteroatoms. The van der Waals surface area contributed by atoms with Gasteiger partial charge in [0, 0.05) is 49.0 Å². The lowest BCUT2D eigenvalue weighted by Crippen LogP contribution is -2.48. The molecule has 31 heavy (non-hydrogen) atoms. The van der Waals surface area contributed by atoms with Crippen LogP contribution in [-0.4, -0.2) is 51.7 Å². The van der Waals surface area contributed by atoms with Crippen molar-refractivity contribution in [3.05, 3.63) is 81.6 Å². The Morgan fingerprint density at radius 1 is 1.06 bits per heavy atom. The van der Waals surface area contributed by atoms with Crippen LogP contribution in [0.15, 0.2) is 54.7 Å².